The fourth-order valence-electron chi connectivity index (χ4n) is 9.40. The Morgan fingerprint density at radius 3 is 0.782 bits per heavy atom. The van der Waals surface area contributed by atoms with Gasteiger partial charge in [0.2, 0.25) is 0 Å². The van der Waals surface area contributed by atoms with Crippen LogP contribution in [0.3, 0.4) is 0 Å². The molecule has 0 aliphatic rings. The predicted molar refractivity (Wildman–Crippen MR) is 339 cm³/mol. The second-order valence-electron chi connectivity index (χ2n) is 22.0. The Bertz CT molecular complexity index is 1530. The molecule has 0 aliphatic heterocycles. The average molecular weight is 1090 g/mol. The lowest BCUT2D eigenvalue weighted by atomic mass is 10.0. The van der Waals surface area contributed by atoms with Gasteiger partial charge in [-0.3, -0.25) is 14.4 Å². The lowest BCUT2D eigenvalue weighted by Gasteiger charge is -2.18. The summed E-state index contributed by atoms with van der Waals surface area (Å²) in [6, 6.07) is 0. The van der Waals surface area contributed by atoms with Crippen molar-refractivity contribution in [2.45, 2.75) is 329 Å². The van der Waals surface area contributed by atoms with Gasteiger partial charge in [-0.05, 0) is 83.5 Å². The van der Waals surface area contributed by atoms with Crippen LogP contribution >= 0.6 is 0 Å². The highest BCUT2D eigenvalue weighted by Crippen LogP contribution is 2.17. The lowest BCUT2D eigenvalue weighted by Crippen LogP contribution is -2.30. The molecule has 0 amide bonds. The van der Waals surface area contributed by atoms with Crippen LogP contribution in [0.1, 0.15) is 323 Å². The van der Waals surface area contributed by atoms with Crippen LogP contribution in [-0.2, 0) is 28.6 Å². The van der Waals surface area contributed by atoms with Gasteiger partial charge in [-0.2, -0.15) is 0 Å². The second-order valence-corrected chi connectivity index (χ2v) is 22.0. The van der Waals surface area contributed by atoms with E-state index in [0.29, 0.717) is 19.3 Å². The van der Waals surface area contributed by atoms with Crippen LogP contribution < -0.4 is 0 Å². The van der Waals surface area contributed by atoms with Gasteiger partial charge in [-0.1, -0.05) is 317 Å². The molecule has 0 N–H and O–H groups in total. The van der Waals surface area contributed by atoms with Gasteiger partial charge in [0.05, 0.1) is 0 Å². The summed E-state index contributed by atoms with van der Waals surface area (Å²) in [5.41, 5.74) is 0. The van der Waals surface area contributed by atoms with Crippen molar-refractivity contribution in [3.8, 4) is 0 Å². The topological polar surface area (TPSA) is 78.9 Å². The third kappa shape index (κ3) is 63.2. The normalized spacial score (nSPS) is 12.7. The molecular formula is C72H124O6. The lowest BCUT2D eigenvalue weighted by molar-refractivity contribution is -0.167. The van der Waals surface area contributed by atoms with Gasteiger partial charge in [-0.25, -0.2) is 0 Å². The number of rotatable bonds is 60. The van der Waals surface area contributed by atoms with Crippen LogP contribution in [0.25, 0.3) is 0 Å². The van der Waals surface area contributed by atoms with Crippen LogP contribution in [0.5, 0.6) is 0 Å². The molecular weight excluding hydrogens is 961 g/mol. The van der Waals surface area contributed by atoms with Crippen molar-refractivity contribution in [2.75, 3.05) is 13.2 Å². The summed E-state index contributed by atoms with van der Waals surface area (Å²) >= 11 is 0. The molecule has 1 atom stereocenters. The highest BCUT2D eigenvalue weighted by molar-refractivity contribution is 5.71. The van der Waals surface area contributed by atoms with Crippen molar-refractivity contribution in [1.82, 2.24) is 0 Å². The maximum Gasteiger partial charge on any atom is 0.306 e. The first-order valence-corrected chi connectivity index (χ1v) is 33.2. The van der Waals surface area contributed by atoms with E-state index in [9.17, 15) is 14.4 Å². The van der Waals surface area contributed by atoms with Crippen molar-refractivity contribution < 1.29 is 28.6 Å². The van der Waals surface area contributed by atoms with Gasteiger partial charge >= 0.3 is 17.9 Å². The number of hydrogen-bond donors (Lipinski definition) is 0. The molecule has 0 radical (unpaired) electrons. The molecule has 448 valence electrons. The van der Waals surface area contributed by atoms with Gasteiger partial charge in [0.25, 0.3) is 0 Å². The summed E-state index contributed by atoms with van der Waals surface area (Å²) in [7, 11) is 0. The summed E-state index contributed by atoms with van der Waals surface area (Å²) in [6.45, 7) is 6.52. The minimum Gasteiger partial charge on any atom is -0.462 e. The number of ether oxygens (including phenoxy) is 3. The quantitative estimate of drug-likeness (QED) is 0.0261. The molecule has 0 saturated heterocycles. The van der Waals surface area contributed by atoms with Gasteiger partial charge < -0.3 is 14.2 Å². The Balaban J connectivity index is 4.26. The number of carbonyl (C=O) groups is 3. The molecule has 0 aliphatic carbocycles. The first-order valence-electron chi connectivity index (χ1n) is 33.2. The smallest absolute Gasteiger partial charge is 0.306 e. The third-order valence-corrected chi connectivity index (χ3v) is 14.4. The van der Waals surface area contributed by atoms with Gasteiger partial charge in [0, 0.05) is 19.3 Å². The Hall–Kier alpha value is -3.67. The van der Waals surface area contributed by atoms with Crippen LogP contribution in [0.15, 0.2) is 97.2 Å². The van der Waals surface area contributed by atoms with Crippen LogP contribution in [0.4, 0.5) is 0 Å². The Morgan fingerprint density at radius 2 is 0.500 bits per heavy atom. The molecule has 6 nitrogen and oxygen atoms in total. The van der Waals surface area contributed by atoms with E-state index in [4.69, 9.17) is 14.2 Å². The van der Waals surface area contributed by atoms with E-state index < -0.39 is 6.10 Å². The zero-order valence-electron chi connectivity index (χ0n) is 51.4. The fourth-order valence-corrected chi connectivity index (χ4v) is 9.40. The number of unbranched alkanes of at least 4 members (excludes halogenated alkanes) is 33. The van der Waals surface area contributed by atoms with E-state index >= 15 is 0 Å². The molecule has 0 heterocycles. The Morgan fingerprint density at radius 1 is 0.269 bits per heavy atom. The number of hydrogen-bond acceptors (Lipinski definition) is 6. The molecule has 0 bridgehead atoms. The third-order valence-electron chi connectivity index (χ3n) is 14.4. The van der Waals surface area contributed by atoms with E-state index in [2.05, 4.69) is 118 Å². The van der Waals surface area contributed by atoms with Gasteiger partial charge in [0.15, 0.2) is 6.10 Å². The molecule has 0 rings (SSSR count). The Labute approximate surface area is 483 Å². The molecule has 6 heteroatoms. The highest BCUT2D eigenvalue weighted by Gasteiger charge is 2.19. The fraction of sp³-hybridized carbons (Fsp3) is 0.736. The van der Waals surface area contributed by atoms with E-state index in [1.54, 1.807) is 0 Å². The average Bonchev–Trinajstić information content (AvgIpc) is 3.44. The summed E-state index contributed by atoms with van der Waals surface area (Å²) in [5.74, 6) is -0.898. The minimum absolute atomic E-state index is 0.0819. The van der Waals surface area contributed by atoms with Gasteiger partial charge in [-0.15, -0.1) is 0 Å². The maximum absolute atomic E-state index is 12.9. The van der Waals surface area contributed by atoms with Crippen molar-refractivity contribution >= 4 is 17.9 Å². The molecule has 0 spiro atoms. The summed E-state index contributed by atoms with van der Waals surface area (Å²) in [6.07, 6.45) is 88.6. The highest BCUT2D eigenvalue weighted by atomic mass is 16.6. The molecule has 0 fully saturated rings. The Kier molecular flexibility index (Phi) is 62.7. The monoisotopic (exact) mass is 1080 g/mol. The largest absolute Gasteiger partial charge is 0.462 e. The first kappa shape index (κ1) is 74.3. The summed E-state index contributed by atoms with van der Waals surface area (Å²) in [4.78, 5) is 38.2. The standard InChI is InChI=1S/C72H124O6/c1-4-7-10-13-16-19-21-23-25-27-29-31-33-34-35-36-37-38-39-41-42-44-46-48-50-53-56-59-62-65-71(74)77-68-69(67-76-70(73)64-61-58-55-52-18-15-12-9-6-3)78-72(75)66-63-60-57-54-51-49-47-45-43-40-32-30-28-26-24-22-20-17-14-11-8-5-2/h7,10,16,19,23,25,29,31,34-35,37-38,41-42,46,48,69H,4-6,8-9,11-15,17-18,20-22,24,26-28,30,32-33,36,39-40,43-45,47,49-68H2,1-3H3/b10-7-,19-16-,25-23-,31-29-,35-34-,38-37-,42-41-,48-46-. The van der Waals surface area contributed by atoms with Crippen molar-refractivity contribution in [3.63, 3.8) is 0 Å². The van der Waals surface area contributed by atoms with Crippen LogP contribution in [0, 0.1) is 0 Å². The number of esters is 3. The van der Waals surface area contributed by atoms with Gasteiger partial charge in [0.1, 0.15) is 13.2 Å². The number of allylic oxidation sites excluding steroid dienone is 16. The predicted octanol–water partition coefficient (Wildman–Crippen LogP) is 22.8. The van der Waals surface area contributed by atoms with E-state index in [-0.39, 0.29) is 31.1 Å². The summed E-state index contributed by atoms with van der Waals surface area (Å²) in [5, 5.41) is 0. The second kappa shape index (κ2) is 65.8. The summed E-state index contributed by atoms with van der Waals surface area (Å²) < 4.78 is 16.9. The van der Waals surface area contributed by atoms with E-state index in [0.717, 1.165) is 122 Å². The van der Waals surface area contributed by atoms with Crippen molar-refractivity contribution in [3.05, 3.63) is 97.2 Å². The molecule has 78 heavy (non-hydrogen) atoms. The minimum atomic E-state index is -0.786. The SMILES string of the molecule is CC/C=C\C/C=C\C/C=C\C/C=C\C/C=C\C/C=C\C/C=C\C/C=C\CCCCCCC(=O)OCC(COC(=O)CCCCCCCCCCC)OC(=O)CCCCCCCCCCCCCCCCCCCCCCCC. The zero-order valence-corrected chi connectivity index (χ0v) is 51.4. The number of carbonyl (C=O) groups excluding carboxylic acids is 3. The first-order chi connectivity index (χ1) is 38.5. The van der Waals surface area contributed by atoms with Crippen molar-refractivity contribution in [1.29, 1.82) is 0 Å². The van der Waals surface area contributed by atoms with Crippen LogP contribution in [0.2, 0.25) is 0 Å². The molecule has 1 unspecified atom stereocenters. The zero-order chi connectivity index (χ0) is 56.4. The molecule has 0 aromatic heterocycles. The molecule has 0 saturated carbocycles. The van der Waals surface area contributed by atoms with Crippen LogP contribution in [-0.4, -0.2) is 37.2 Å². The molecule has 0 aromatic rings. The van der Waals surface area contributed by atoms with E-state index in [1.807, 2.05) is 0 Å². The van der Waals surface area contributed by atoms with Crippen molar-refractivity contribution in [2.24, 2.45) is 0 Å². The maximum atomic E-state index is 12.9. The molecule has 0 aromatic carbocycles. The van der Waals surface area contributed by atoms with E-state index in [1.165, 1.54) is 161 Å².